The Kier molecular flexibility index (Phi) is 7.55. The molecule has 0 aromatic carbocycles. The van der Waals surface area contributed by atoms with Gasteiger partial charge in [0.25, 0.3) is 0 Å². The third kappa shape index (κ3) is 5.47. The first-order valence-corrected chi connectivity index (χ1v) is 7.26. The van der Waals surface area contributed by atoms with Crippen molar-refractivity contribution < 1.29 is 4.79 Å². The summed E-state index contributed by atoms with van der Waals surface area (Å²) < 4.78 is 0. The average Bonchev–Trinajstić information content (AvgIpc) is 2.74. The zero-order valence-electron chi connectivity index (χ0n) is 12.0. The smallest absolute Gasteiger partial charge is 0.240 e. The first-order valence-electron chi connectivity index (χ1n) is 6.38. The van der Waals surface area contributed by atoms with Crippen LogP contribution in [-0.4, -0.2) is 16.4 Å². The molecule has 19 heavy (non-hydrogen) atoms. The molecule has 4 nitrogen and oxygen atoms in total. The largest absolute Gasteiger partial charge is 0.348 e. The number of aromatic nitrogens is 1. The highest BCUT2D eigenvalue weighted by atomic mass is 35.5. The van der Waals surface area contributed by atoms with Gasteiger partial charge in [0.05, 0.1) is 17.8 Å². The van der Waals surface area contributed by atoms with Crippen molar-refractivity contribution in [3.63, 3.8) is 0 Å². The summed E-state index contributed by atoms with van der Waals surface area (Å²) in [4.78, 5) is 16.4. The molecule has 3 N–H and O–H groups in total. The Morgan fingerprint density at radius 1 is 1.58 bits per heavy atom. The lowest BCUT2D eigenvalue weighted by atomic mass is 9.97. The van der Waals surface area contributed by atoms with Gasteiger partial charge in [0.15, 0.2) is 0 Å². The Labute approximate surface area is 125 Å². The molecule has 6 heteroatoms. The molecule has 1 heterocycles. The first-order chi connectivity index (χ1) is 8.36. The van der Waals surface area contributed by atoms with Gasteiger partial charge >= 0.3 is 0 Å². The molecule has 1 unspecified atom stereocenters. The highest BCUT2D eigenvalue weighted by Gasteiger charge is 2.26. The highest BCUT2D eigenvalue weighted by Crippen LogP contribution is 2.17. The molecule has 1 aromatic rings. The maximum absolute atomic E-state index is 11.9. The van der Waals surface area contributed by atoms with E-state index in [0.29, 0.717) is 18.9 Å². The van der Waals surface area contributed by atoms with Crippen LogP contribution in [0.2, 0.25) is 0 Å². The summed E-state index contributed by atoms with van der Waals surface area (Å²) in [5.41, 5.74) is 6.25. The predicted octanol–water partition coefficient (Wildman–Crippen LogP) is 2.82. The second-order valence-electron chi connectivity index (χ2n) is 5.17. The lowest BCUT2D eigenvalue weighted by Gasteiger charge is -2.22. The summed E-state index contributed by atoms with van der Waals surface area (Å²) >= 11 is 1.58. The Morgan fingerprint density at radius 2 is 2.21 bits per heavy atom. The molecule has 1 amide bonds. The third-order valence-corrected chi connectivity index (χ3v) is 3.72. The van der Waals surface area contributed by atoms with Crippen molar-refractivity contribution in [2.75, 3.05) is 0 Å². The SMILES string of the molecule is CCCC(C)(N)C(=O)NCc1nc(C(C)C)cs1.Cl. The van der Waals surface area contributed by atoms with E-state index in [-0.39, 0.29) is 18.3 Å². The quantitative estimate of drug-likeness (QED) is 0.849. The zero-order chi connectivity index (χ0) is 13.8. The maximum Gasteiger partial charge on any atom is 0.240 e. The normalized spacial score (nSPS) is 13.8. The number of carbonyl (C=O) groups excluding carboxylic acids is 1. The first kappa shape index (κ1) is 18.4. The van der Waals surface area contributed by atoms with Crippen LogP contribution in [0.25, 0.3) is 0 Å². The van der Waals surface area contributed by atoms with Crippen LogP contribution in [0.5, 0.6) is 0 Å². The van der Waals surface area contributed by atoms with Crippen molar-refractivity contribution in [3.8, 4) is 0 Å². The number of thiazole rings is 1. The minimum absolute atomic E-state index is 0. The van der Waals surface area contributed by atoms with Crippen molar-refractivity contribution in [2.24, 2.45) is 5.73 Å². The second-order valence-corrected chi connectivity index (χ2v) is 6.11. The van der Waals surface area contributed by atoms with E-state index in [1.165, 1.54) is 0 Å². The minimum atomic E-state index is -0.785. The van der Waals surface area contributed by atoms with E-state index in [0.717, 1.165) is 17.1 Å². The Morgan fingerprint density at radius 3 is 2.68 bits per heavy atom. The van der Waals surface area contributed by atoms with E-state index in [1.54, 1.807) is 18.3 Å². The summed E-state index contributed by atoms with van der Waals surface area (Å²) in [6.45, 7) is 8.47. The lowest BCUT2D eigenvalue weighted by molar-refractivity contribution is -0.126. The number of halogens is 1. The standard InChI is InChI=1S/C13H23N3OS.ClH/c1-5-6-13(4,14)12(17)15-7-11-16-10(8-18-11)9(2)3;/h8-9H,5-7,14H2,1-4H3,(H,15,17);1H. The summed E-state index contributed by atoms with van der Waals surface area (Å²) in [7, 11) is 0. The van der Waals surface area contributed by atoms with Crippen LogP contribution >= 0.6 is 23.7 Å². The molecule has 1 atom stereocenters. The van der Waals surface area contributed by atoms with Gasteiger partial charge in [-0.1, -0.05) is 27.2 Å². The van der Waals surface area contributed by atoms with Crippen molar-refractivity contribution in [1.82, 2.24) is 10.3 Å². The van der Waals surface area contributed by atoms with Gasteiger partial charge in [-0.3, -0.25) is 4.79 Å². The van der Waals surface area contributed by atoms with Crippen LogP contribution in [0.1, 0.15) is 57.2 Å². The van der Waals surface area contributed by atoms with Crippen LogP contribution < -0.4 is 11.1 Å². The van der Waals surface area contributed by atoms with Crippen molar-refractivity contribution in [1.29, 1.82) is 0 Å². The van der Waals surface area contributed by atoms with E-state index in [9.17, 15) is 4.79 Å². The third-order valence-electron chi connectivity index (χ3n) is 2.85. The van der Waals surface area contributed by atoms with E-state index >= 15 is 0 Å². The van der Waals surface area contributed by atoms with E-state index in [1.807, 2.05) is 12.3 Å². The van der Waals surface area contributed by atoms with Crippen LogP contribution in [0.15, 0.2) is 5.38 Å². The van der Waals surface area contributed by atoms with Crippen molar-refractivity contribution in [3.05, 3.63) is 16.1 Å². The minimum Gasteiger partial charge on any atom is -0.348 e. The van der Waals surface area contributed by atoms with Gasteiger partial charge in [-0.2, -0.15) is 0 Å². The molecular formula is C13H24ClN3OS. The zero-order valence-corrected chi connectivity index (χ0v) is 13.7. The molecule has 0 aliphatic rings. The molecule has 110 valence electrons. The topological polar surface area (TPSA) is 68.0 Å². The van der Waals surface area contributed by atoms with Crippen LogP contribution in [-0.2, 0) is 11.3 Å². The van der Waals surface area contributed by atoms with Crippen LogP contribution in [0, 0.1) is 0 Å². The number of hydrogen-bond donors (Lipinski definition) is 2. The van der Waals surface area contributed by atoms with E-state index < -0.39 is 5.54 Å². The number of rotatable bonds is 6. The summed E-state index contributed by atoms with van der Waals surface area (Å²) in [6.07, 6.45) is 1.59. The second kappa shape index (κ2) is 7.82. The molecule has 0 aliphatic heterocycles. The number of nitrogens with zero attached hydrogens (tertiary/aromatic N) is 1. The maximum atomic E-state index is 11.9. The molecule has 0 radical (unpaired) electrons. The average molecular weight is 306 g/mol. The Bertz CT molecular complexity index is 404. The molecule has 1 aromatic heterocycles. The lowest BCUT2D eigenvalue weighted by Crippen LogP contribution is -2.51. The number of amides is 1. The predicted molar refractivity (Wildman–Crippen MR) is 82.8 cm³/mol. The van der Waals surface area contributed by atoms with Gasteiger partial charge in [0.2, 0.25) is 5.91 Å². The van der Waals surface area contributed by atoms with Gasteiger partial charge < -0.3 is 11.1 Å². The van der Waals surface area contributed by atoms with Gasteiger partial charge in [0, 0.05) is 5.38 Å². The molecular weight excluding hydrogens is 282 g/mol. The number of nitrogens with two attached hydrogens (primary N) is 1. The number of hydrogen-bond acceptors (Lipinski definition) is 4. The Balaban J connectivity index is 0.00000324. The number of nitrogens with one attached hydrogen (secondary N) is 1. The van der Waals surface area contributed by atoms with Crippen LogP contribution in [0.4, 0.5) is 0 Å². The molecule has 0 aliphatic carbocycles. The van der Waals surface area contributed by atoms with Gasteiger partial charge in [-0.15, -0.1) is 23.7 Å². The summed E-state index contributed by atoms with van der Waals surface area (Å²) in [5.74, 6) is 0.316. The van der Waals surface area contributed by atoms with Crippen LogP contribution in [0.3, 0.4) is 0 Å². The highest BCUT2D eigenvalue weighted by molar-refractivity contribution is 7.09. The fourth-order valence-electron chi connectivity index (χ4n) is 1.66. The monoisotopic (exact) mass is 305 g/mol. The molecule has 0 spiro atoms. The summed E-state index contributed by atoms with van der Waals surface area (Å²) in [6, 6.07) is 0. The van der Waals surface area contributed by atoms with Gasteiger partial charge in [-0.05, 0) is 19.3 Å². The molecule has 0 bridgehead atoms. The fraction of sp³-hybridized carbons (Fsp3) is 0.692. The fourth-order valence-corrected chi connectivity index (χ4v) is 2.56. The molecule has 0 saturated heterocycles. The van der Waals surface area contributed by atoms with E-state index in [4.69, 9.17) is 5.73 Å². The number of carbonyl (C=O) groups is 1. The van der Waals surface area contributed by atoms with Gasteiger partial charge in [-0.25, -0.2) is 4.98 Å². The molecule has 0 saturated carbocycles. The van der Waals surface area contributed by atoms with Crippen molar-refractivity contribution >= 4 is 29.7 Å². The van der Waals surface area contributed by atoms with Crippen molar-refractivity contribution in [2.45, 2.75) is 58.5 Å². The summed E-state index contributed by atoms with van der Waals surface area (Å²) in [5, 5.41) is 5.83. The molecule has 0 fully saturated rings. The van der Waals surface area contributed by atoms with Gasteiger partial charge in [0.1, 0.15) is 5.01 Å². The Hall–Kier alpha value is -0.650. The van der Waals surface area contributed by atoms with E-state index in [2.05, 4.69) is 24.1 Å². The molecule has 1 rings (SSSR count).